The average molecular weight is 421 g/mol. The third kappa shape index (κ3) is 4.31. The molecule has 0 aliphatic carbocycles. The van der Waals surface area contributed by atoms with Crippen molar-refractivity contribution in [2.75, 3.05) is 45.8 Å². The largest absolute Gasteiger partial charge is 0.354 e. The lowest BCUT2D eigenvalue weighted by atomic mass is 10.1. The summed E-state index contributed by atoms with van der Waals surface area (Å²) in [6, 6.07) is 6.35. The van der Waals surface area contributed by atoms with Gasteiger partial charge in [-0.2, -0.15) is 4.31 Å². The zero-order chi connectivity index (χ0) is 20.4. The van der Waals surface area contributed by atoms with Gasteiger partial charge < -0.3 is 15.1 Å². The summed E-state index contributed by atoms with van der Waals surface area (Å²) in [6.07, 6.45) is 4.49. The number of amides is 2. The van der Waals surface area contributed by atoms with E-state index in [9.17, 15) is 18.0 Å². The highest BCUT2D eigenvalue weighted by molar-refractivity contribution is 7.89. The Labute approximate surface area is 171 Å². The van der Waals surface area contributed by atoms with Crippen LogP contribution >= 0.6 is 0 Å². The van der Waals surface area contributed by atoms with Crippen molar-refractivity contribution in [3.63, 3.8) is 0 Å². The molecule has 0 spiro atoms. The van der Waals surface area contributed by atoms with Crippen molar-refractivity contribution in [2.24, 2.45) is 0 Å². The number of nitrogens with zero attached hydrogens (tertiary/aromatic N) is 3. The molecule has 8 nitrogen and oxygen atoms in total. The van der Waals surface area contributed by atoms with E-state index in [2.05, 4.69) is 10.2 Å². The monoisotopic (exact) mass is 420 g/mol. The first-order valence-electron chi connectivity index (χ1n) is 10.4. The van der Waals surface area contributed by atoms with Crippen molar-refractivity contribution in [1.82, 2.24) is 19.4 Å². The van der Waals surface area contributed by atoms with Gasteiger partial charge in [0.1, 0.15) is 0 Å². The summed E-state index contributed by atoms with van der Waals surface area (Å²) in [4.78, 5) is 29.0. The van der Waals surface area contributed by atoms with Gasteiger partial charge in [0.25, 0.3) is 5.91 Å². The highest BCUT2D eigenvalue weighted by atomic mass is 32.2. The van der Waals surface area contributed by atoms with Crippen LogP contribution in [0.1, 0.15) is 36.0 Å². The Morgan fingerprint density at radius 1 is 1.03 bits per heavy atom. The van der Waals surface area contributed by atoms with Crippen LogP contribution in [0.4, 0.5) is 0 Å². The Morgan fingerprint density at radius 3 is 2.45 bits per heavy atom. The van der Waals surface area contributed by atoms with Crippen LogP contribution in [-0.2, 0) is 14.8 Å². The minimum atomic E-state index is -3.74. The number of nitrogens with one attached hydrogen (secondary N) is 1. The normalized spacial score (nSPS) is 24.1. The highest BCUT2D eigenvalue weighted by Gasteiger charge is 2.32. The molecule has 0 bridgehead atoms. The SMILES string of the molecule is O=C1CN(S(=O)(=O)c2ccc(C(=O)N3CCCC3CN3CCCC3)cc2)CCN1. The molecular formula is C20H28N4O4S. The van der Waals surface area contributed by atoms with E-state index in [0.717, 1.165) is 39.0 Å². The molecule has 4 rings (SSSR count). The van der Waals surface area contributed by atoms with E-state index in [4.69, 9.17) is 0 Å². The highest BCUT2D eigenvalue weighted by Crippen LogP contribution is 2.24. The van der Waals surface area contributed by atoms with Gasteiger partial charge in [-0.1, -0.05) is 0 Å². The van der Waals surface area contributed by atoms with Crippen molar-refractivity contribution in [3.8, 4) is 0 Å². The van der Waals surface area contributed by atoms with Gasteiger partial charge in [0.2, 0.25) is 15.9 Å². The molecule has 3 aliphatic heterocycles. The summed E-state index contributed by atoms with van der Waals surface area (Å²) in [6.45, 7) is 4.28. The van der Waals surface area contributed by atoms with Crippen LogP contribution in [-0.4, -0.2) is 86.2 Å². The van der Waals surface area contributed by atoms with E-state index in [0.29, 0.717) is 12.1 Å². The quantitative estimate of drug-likeness (QED) is 0.750. The first-order valence-corrected chi connectivity index (χ1v) is 11.8. The van der Waals surface area contributed by atoms with E-state index in [-0.39, 0.29) is 35.8 Å². The molecule has 3 heterocycles. The second-order valence-corrected chi connectivity index (χ2v) is 9.95. The zero-order valence-corrected chi connectivity index (χ0v) is 17.4. The molecule has 3 saturated heterocycles. The van der Waals surface area contributed by atoms with Gasteiger partial charge in [-0.3, -0.25) is 9.59 Å². The van der Waals surface area contributed by atoms with Gasteiger partial charge in [0.15, 0.2) is 0 Å². The molecule has 1 atom stereocenters. The minimum Gasteiger partial charge on any atom is -0.354 e. The van der Waals surface area contributed by atoms with Crippen LogP contribution in [0.25, 0.3) is 0 Å². The molecule has 0 radical (unpaired) electrons. The van der Waals surface area contributed by atoms with E-state index in [1.807, 2.05) is 4.90 Å². The number of sulfonamides is 1. The molecule has 3 aliphatic rings. The van der Waals surface area contributed by atoms with Crippen molar-refractivity contribution >= 4 is 21.8 Å². The standard InChI is InChI=1S/C20H28N4O4S/c25-19-15-23(13-9-21-19)29(27,28)18-7-5-16(6-8-18)20(26)24-12-3-4-17(24)14-22-10-1-2-11-22/h5-8,17H,1-4,9-15H2,(H,21,25). The van der Waals surface area contributed by atoms with Gasteiger partial charge >= 0.3 is 0 Å². The molecule has 0 aromatic heterocycles. The summed E-state index contributed by atoms with van der Waals surface area (Å²) < 4.78 is 26.7. The van der Waals surface area contributed by atoms with Crippen LogP contribution in [0.15, 0.2) is 29.2 Å². The predicted octanol–water partition coefficient (Wildman–Crippen LogP) is 0.508. The smallest absolute Gasteiger partial charge is 0.254 e. The number of benzene rings is 1. The summed E-state index contributed by atoms with van der Waals surface area (Å²) >= 11 is 0. The van der Waals surface area contributed by atoms with Crippen LogP contribution in [0.5, 0.6) is 0 Å². The van der Waals surface area contributed by atoms with Crippen LogP contribution in [0.3, 0.4) is 0 Å². The Balaban J connectivity index is 1.45. The maximum absolute atomic E-state index is 13.0. The van der Waals surface area contributed by atoms with Gasteiger partial charge in [0, 0.05) is 37.8 Å². The molecule has 1 aromatic rings. The fourth-order valence-electron chi connectivity index (χ4n) is 4.46. The maximum Gasteiger partial charge on any atom is 0.254 e. The summed E-state index contributed by atoms with van der Waals surface area (Å²) in [5.74, 6) is -0.335. The average Bonchev–Trinajstić information content (AvgIpc) is 3.40. The summed E-state index contributed by atoms with van der Waals surface area (Å²) in [5.41, 5.74) is 0.508. The molecule has 9 heteroatoms. The minimum absolute atomic E-state index is 0.0343. The number of carbonyl (C=O) groups excluding carboxylic acids is 2. The molecule has 2 amide bonds. The van der Waals surface area contributed by atoms with Crippen molar-refractivity contribution in [3.05, 3.63) is 29.8 Å². The Hall–Kier alpha value is -1.97. The van der Waals surface area contributed by atoms with Gasteiger partial charge in [-0.25, -0.2) is 8.42 Å². The Bertz CT molecular complexity index is 865. The van der Waals surface area contributed by atoms with Crippen LogP contribution < -0.4 is 5.32 Å². The maximum atomic E-state index is 13.0. The lowest BCUT2D eigenvalue weighted by molar-refractivity contribution is -0.122. The van der Waals surface area contributed by atoms with Crippen molar-refractivity contribution < 1.29 is 18.0 Å². The molecule has 29 heavy (non-hydrogen) atoms. The number of hydrogen-bond acceptors (Lipinski definition) is 5. The van der Waals surface area contributed by atoms with E-state index >= 15 is 0 Å². The molecule has 158 valence electrons. The number of hydrogen-bond donors (Lipinski definition) is 1. The van der Waals surface area contributed by atoms with E-state index in [1.165, 1.54) is 29.3 Å². The number of carbonyl (C=O) groups is 2. The topological polar surface area (TPSA) is 90.0 Å². The fraction of sp³-hybridized carbons (Fsp3) is 0.600. The molecule has 3 fully saturated rings. The molecule has 0 saturated carbocycles. The third-order valence-corrected chi connectivity index (χ3v) is 7.91. The van der Waals surface area contributed by atoms with Crippen LogP contribution in [0, 0.1) is 0 Å². The summed E-state index contributed by atoms with van der Waals surface area (Å²) in [7, 11) is -3.74. The Morgan fingerprint density at radius 2 is 1.76 bits per heavy atom. The van der Waals surface area contributed by atoms with Gasteiger partial charge in [-0.15, -0.1) is 0 Å². The first-order chi connectivity index (χ1) is 13.9. The lowest BCUT2D eigenvalue weighted by Gasteiger charge is -2.29. The van der Waals surface area contributed by atoms with E-state index in [1.54, 1.807) is 12.1 Å². The van der Waals surface area contributed by atoms with Crippen LogP contribution in [0.2, 0.25) is 0 Å². The molecule has 1 unspecified atom stereocenters. The van der Waals surface area contributed by atoms with Crippen molar-refractivity contribution in [2.45, 2.75) is 36.6 Å². The first kappa shape index (κ1) is 20.3. The lowest BCUT2D eigenvalue weighted by Crippen LogP contribution is -2.49. The van der Waals surface area contributed by atoms with Gasteiger partial charge in [-0.05, 0) is 63.0 Å². The fourth-order valence-corrected chi connectivity index (χ4v) is 5.86. The molecule has 1 N–H and O–H groups in total. The van der Waals surface area contributed by atoms with E-state index < -0.39 is 10.0 Å². The third-order valence-electron chi connectivity index (χ3n) is 6.05. The van der Waals surface area contributed by atoms with Crippen molar-refractivity contribution in [1.29, 1.82) is 0 Å². The Kier molecular flexibility index (Phi) is 5.89. The second-order valence-electron chi connectivity index (χ2n) is 8.02. The molecule has 1 aromatic carbocycles. The number of likely N-dealkylation sites (tertiary alicyclic amines) is 2. The zero-order valence-electron chi connectivity index (χ0n) is 16.5. The second kappa shape index (κ2) is 8.41. The predicted molar refractivity (Wildman–Crippen MR) is 108 cm³/mol. The number of piperazine rings is 1. The number of rotatable bonds is 5. The summed E-state index contributed by atoms with van der Waals surface area (Å²) in [5, 5.41) is 2.62. The molecular weight excluding hydrogens is 392 g/mol. The van der Waals surface area contributed by atoms with Gasteiger partial charge in [0.05, 0.1) is 11.4 Å².